The molecule has 0 radical (unpaired) electrons. The molecule has 226 valence electrons. The first-order valence-electron chi connectivity index (χ1n) is 13.2. The Morgan fingerprint density at radius 3 is 2.26 bits per heavy atom. The Labute approximate surface area is 241 Å². The van der Waals surface area contributed by atoms with Crippen LogP contribution >= 0.6 is 0 Å². The number of carbonyl (C=O) groups is 2. The van der Waals surface area contributed by atoms with Crippen LogP contribution in [0.3, 0.4) is 0 Å². The summed E-state index contributed by atoms with van der Waals surface area (Å²) in [5, 5.41) is 10.8. The van der Waals surface area contributed by atoms with E-state index in [1.54, 1.807) is 10.7 Å². The largest absolute Gasteiger partial charge is 0.416 e. The van der Waals surface area contributed by atoms with Crippen molar-refractivity contribution in [2.24, 2.45) is 5.92 Å². The number of anilines is 3. The lowest BCUT2D eigenvalue weighted by molar-refractivity contribution is -0.787. The maximum absolute atomic E-state index is 13.6. The normalized spacial score (nSPS) is 17.6. The SMILES string of the molecule is CN(C)CC1CCC([n+]2cc(NC(=O)Nc3cc(NC(=O)CS(=O)(=O)c4ccccc4)cc(C(F)(F)F)c3)on2)CC1. The van der Waals surface area contributed by atoms with Gasteiger partial charge in [-0.05, 0) is 67.9 Å². The molecule has 3 N–H and O–H groups in total. The summed E-state index contributed by atoms with van der Waals surface area (Å²) in [7, 11) is 0.0482. The highest BCUT2D eigenvalue weighted by Gasteiger charge is 2.33. The van der Waals surface area contributed by atoms with E-state index in [1.807, 2.05) is 14.1 Å². The number of amides is 3. The number of alkyl halides is 3. The van der Waals surface area contributed by atoms with Gasteiger partial charge in [0.05, 0.1) is 10.5 Å². The van der Waals surface area contributed by atoms with Gasteiger partial charge in [0.1, 0.15) is 5.75 Å². The van der Waals surface area contributed by atoms with E-state index >= 15 is 0 Å². The summed E-state index contributed by atoms with van der Waals surface area (Å²) in [5.74, 6) is -1.44. The number of halogens is 3. The molecule has 0 saturated heterocycles. The van der Waals surface area contributed by atoms with Crippen LogP contribution in [0.5, 0.6) is 0 Å². The van der Waals surface area contributed by atoms with Crippen molar-refractivity contribution in [1.82, 2.24) is 10.2 Å². The Morgan fingerprint density at radius 2 is 1.64 bits per heavy atom. The summed E-state index contributed by atoms with van der Waals surface area (Å²) in [5.41, 5.74) is -1.81. The average Bonchev–Trinajstić information content (AvgIpc) is 3.36. The number of nitrogens with zero attached hydrogens (tertiary/aromatic N) is 3. The minimum absolute atomic E-state index is 0.00506. The van der Waals surface area contributed by atoms with E-state index in [0.717, 1.165) is 38.3 Å². The van der Waals surface area contributed by atoms with Gasteiger partial charge in [0, 0.05) is 30.8 Å². The summed E-state index contributed by atoms with van der Waals surface area (Å²) in [6.07, 6.45) is 0.545. The Bertz CT molecular complexity index is 1500. The summed E-state index contributed by atoms with van der Waals surface area (Å²) in [4.78, 5) is 27.1. The molecule has 1 aromatic heterocycles. The van der Waals surface area contributed by atoms with Gasteiger partial charge in [-0.1, -0.05) is 18.2 Å². The van der Waals surface area contributed by atoms with Crippen LogP contribution in [0, 0.1) is 5.92 Å². The summed E-state index contributed by atoms with van der Waals surface area (Å²) >= 11 is 0. The second kappa shape index (κ2) is 12.9. The number of urea groups is 1. The third-order valence-corrected chi connectivity index (χ3v) is 8.39. The Kier molecular flexibility index (Phi) is 9.51. The second-order valence-corrected chi connectivity index (χ2v) is 12.5. The average molecular weight is 610 g/mol. The first-order chi connectivity index (χ1) is 19.8. The molecule has 0 bridgehead atoms. The first-order valence-corrected chi connectivity index (χ1v) is 14.8. The molecular formula is C27H32F3N6O5S+. The lowest BCUT2D eigenvalue weighted by Gasteiger charge is -2.26. The molecular weight excluding hydrogens is 577 g/mol. The molecule has 2 aromatic carbocycles. The van der Waals surface area contributed by atoms with E-state index in [2.05, 4.69) is 26.1 Å². The van der Waals surface area contributed by atoms with Gasteiger partial charge in [0.2, 0.25) is 11.2 Å². The van der Waals surface area contributed by atoms with Crippen molar-refractivity contribution in [2.45, 2.75) is 42.8 Å². The van der Waals surface area contributed by atoms with Crippen LogP contribution in [0.25, 0.3) is 0 Å². The number of benzene rings is 2. The molecule has 1 saturated carbocycles. The fourth-order valence-corrected chi connectivity index (χ4v) is 6.04. The number of sulfone groups is 1. The molecule has 0 aliphatic heterocycles. The summed E-state index contributed by atoms with van der Waals surface area (Å²) in [6.45, 7) is 1.01. The number of nitrogens with one attached hydrogen (secondary N) is 3. The van der Waals surface area contributed by atoms with Crippen molar-refractivity contribution < 1.29 is 40.4 Å². The third-order valence-electron chi connectivity index (χ3n) is 6.76. The third kappa shape index (κ3) is 8.52. The van der Waals surface area contributed by atoms with Gasteiger partial charge in [-0.2, -0.15) is 13.2 Å². The highest BCUT2D eigenvalue weighted by atomic mass is 32.2. The minimum atomic E-state index is -4.81. The van der Waals surface area contributed by atoms with Crippen molar-refractivity contribution in [3.05, 3.63) is 60.3 Å². The lowest BCUT2D eigenvalue weighted by Crippen LogP contribution is -2.43. The monoisotopic (exact) mass is 609 g/mol. The molecule has 1 aliphatic rings. The molecule has 3 amide bonds. The predicted octanol–water partition coefficient (Wildman–Crippen LogP) is 4.33. The molecule has 3 aromatic rings. The second-order valence-electron chi connectivity index (χ2n) is 10.5. The quantitative estimate of drug-likeness (QED) is 0.307. The number of hydrogen-bond acceptors (Lipinski definition) is 7. The van der Waals surface area contributed by atoms with Crippen molar-refractivity contribution in [3.63, 3.8) is 0 Å². The zero-order valence-corrected chi connectivity index (χ0v) is 23.8. The Balaban J connectivity index is 1.40. The minimum Gasteiger partial charge on any atom is -0.325 e. The van der Waals surface area contributed by atoms with Gasteiger partial charge in [-0.3, -0.25) is 14.6 Å². The van der Waals surface area contributed by atoms with Gasteiger partial charge in [0.15, 0.2) is 15.9 Å². The van der Waals surface area contributed by atoms with E-state index in [1.165, 1.54) is 30.5 Å². The predicted molar refractivity (Wildman–Crippen MR) is 147 cm³/mol. The van der Waals surface area contributed by atoms with Crippen LogP contribution in [0.15, 0.2) is 64.1 Å². The molecule has 0 atom stereocenters. The molecule has 0 unspecified atom stereocenters. The van der Waals surface area contributed by atoms with E-state index in [-0.39, 0.29) is 28.2 Å². The molecule has 15 heteroatoms. The first kappa shape index (κ1) is 31.0. The van der Waals surface area contributed by atoms with Crippen molar-refractivity contribution >= 4 is 39.0 Å². The standard InChI is InChI=1S/C27H31F3N6O5S/c1-35(2)15-18-8-10-22(11-9-18)36-16-25(41-34-36)33-26(38)32-21-13-19(27(28,29)30)12-20(14-21)31-24(37)17-42(39,40)23-6-4-3-5-7-23/h3-7,12-14,16,18,22H,8-11,15,17H2,1-2H3,(H2-,31,32,33,34,37,38)/p+1. The van der Waals surface area contributed by atoms with Crippen LogP contribution in [-0.2, 0) is 20.8 Å². The number of rotatable bonds is 9. The van der Waals surface area contributed by atoms with E-state index in [0.29, 0.717) is 18.1 Å². The molecule has 42 heavy (non-hydrogen) atoms. The molecule has 1 aliphatic carbocycles. The molecule has 1 fully saturated rings. The van der Waals surface area contributed by atoms with Crippen LogP contribution in [-0.4, -0.2) is 56.9 Å². The number of carbonyl (C=O) groups excluding carboxylic acids is 2. The summed E-state index contributed by atoms with van der Waals surface area (Å²) in [6, 6.07) is 8.78. The van der Waals surface area contributed by atoms with Crippen molar-refractivity contribution in [1.29, 1.82) is 0 Å². The highest BCUT2D eigenvalue weighted by molar-refractivity contribution is 7.92. The summed E-state index contributed by atoms with van der Waals surface area (Å²) < 4.78 is 72.5. The van der Waals surface area contributed by atoms with Gasteiger partial charge in [-0.15, -0.1) is 0 Å². The Hall–Kier alpha value is -3.98. The number of hydrogen-bond donors (Lipinski definition) is 3. The zero-order chi connectivity index (χ0) is 30.5. The maximum Gasteiger partial charge on any atom is 0.416 e. The van der Waals surface area contributed by atoms with E-state index < -0.39 is 39.3 Å². The fourth-order valence-electron chi connectivity index (χ4n) is 4.88. The van der Waals surface area contributed by atoms with Crippen molar-refractivity contribution in [3.8, 4) is 0 Å². The number of aromatic nitrogens is 2. The van der Waals surface area contributed by atoms with Crippen LogP contribution in [0.1, 0.15) is 37.3 Å². The lowest BCUT2D eigenvalue weighted by atomic mass is 9.86. The van der Waals surface area contributed by atoms with E-state index in [4.69, 9.17) is 4.52 Å². The zero-order valence-electron chi connectivity index (χ0n) is 23.0. The molecule has 11 nitrogen and oxygen atoms in total. The van der Waals surface area contributed by atoms with Gasteiger partial charge < -0.3 is 15.5 Å². The Morgan fingerprint density at radius 1 is 1.00 bits per heavy atom. The molecule has 4 rings (SSSR count). The van der Waals surface area contributed by atoms with Crippen molar-refractivity contribution in [2.75, 3.05) is 42.3 Å². The molecule has 1 heterocycles. The smallest absolute Gasteiger partial charge is 0.325 e. The molecule has 0 spiro atoms. The van der Waals surface area contributed by atoms with Crippen LogP contribution in [0.4, 0.5) is 35.2 Å². The highest BCUT2D eigenvalue weighted by Crippen LogP contribution is 2.34. The van der Waals surface area contributed by atoms with Gasteiger partial charge >= 0.3 is 18.1 Å². The van der Waals surface area contributed by atoms with E-state index in [9.17, 15) is 31.2 Å². The van der Waals surface area contributed by atoms with Crippen LogP contribution < -0.4 is 20.6 Å². The maximum atomic E-state index is 13.6. The van der Waals surface area contributed by atoms with Gasteiger partial charge in [0.25, 0.3) is 6.20 Å². The topological polar surface area (TPSA) is 138 Å². The van der Waals surface area contributed by atoms with Gasteiger partial charge in [-0.25, -0.2) is 13.2 Å². The fraction of sp³-hybridized carbons (Fsp3) is 0.407. The van der Waals surface area contributed by atoms with Crippen LogP contribution in [0.2, 0.25) is 0 Å².